The molecule has 3 heterocycles. The number of aromatic nitrogens is 2. The second-order valence-corrected chi connectivity index (χ2v) is 9.09. The number of furan rings is 1. The summed E-state index contributed by atoms with van der Waals surface area (Å²) in [6, 6.07) is 41.6. The minimum Gasteiger partial charge on any atom is -0.507 e. The molecule has 0 aliphatic heterocycles. The van der Waals surface area contributed by atoms with Gasteiger partial charge in [-0.3, -0.25) is 4.98 Å². The Morgan fingerprint density at radius 2 is 1.32 bits per heavy atom. The number of aromatic hydroxyl groups is 1. The Morgan fingerprint density at radius 1 is 0.625 bits per heavy atom. The largest absolute Gasteiger partial charge is 0.507 e. The second-order valence-electron chi connectivity index (χ2n) is 9.09. The van der Waals surface area contributed by atoms with Gasteiger partial charge in [0.05, 0.1) is 11.3 Å². The Hall–Kier alpha value is -4.73. The van der Waals surface area contributed by atoms with E-state index >= 15 is 0 Å². The first-order valence-electron chi connectivity index (χ1n) is 12.6. The molecule has 40 heavy (non-hydrogen) atoms. The van der Waals surface area contributed by atoms with Crippen molar-refractivity contribution >= 4 is 21.9 Å². The van der Waals surface area contributed by atoms with Crippen LogP contribution in [-0.4, -0.2) is 15.1 Å². The number of fused-ring (bicyclic) bond motifs is 3. The number of hydrogen-bond acceptors (Lipinski definition) is 5. The Bertz CT molecular complexity index is 1950. The summed E-state index contributed by atoms with van der Waals surface area (Å²) in [6.07, 6.45) is 0. The summed E-state index contributed by atoms with van der Waals surface area (Å²) < 4.78 is 12.5. The molecule has 0 spiro atoms. The van der Waals surface area contributed by atoms with Crippen LogP contribution in [0.5, 0.6) is 17.5 Å². The van der Waals surface area contributed by atoms with Crippen LogP contribution < -0.4 is 4.74 Å². The smallest absolute Gasteiger partial charge is 0.221 e. The monoisotopic (exact) mass is 700 g/mol. The third kappa shape index (κ3) is 4.65. The van der Waals surface area contributed by atoms with E-state index in [9.17, 15) is 5.11 Å². The van der Waals surface area contributed by atoms with Gasteiger partial charge in [-0.15, -0.1) is 35.9 Å². The van der Waals surface area contributed by atoms with Crippen LogP contribution in [0.15, 0.2) is 126 Å². The molecule has 0 atom stereocenters. The van der Waals surface area contributed by atoms with Crippen molar-refractivity contribution in [1.82, 2.24) is 9.97 Å². The van der Waals surface area contributed by atoms with Gasteiger partial charge < -0.3 is 14.3 Å². The maximum absolute atomic E-state index is 11.0. The molecule has 0 aliphatic carbocycles. The number of phenolic OH excluding ortho intramolecular Hbond substituents is 1. The number of phenols is 1. The number of hydrogen-bond donors (Lipinski definition) is 1. The number of rotatable bonds is 5. The van der Waals surface area contributed by atoms with Gasteiger partial charge in [-0.1, -0.05) is 66.7 Å². The molecule has 196 valence electrons. The first-order chi connectivity index (χ1) is 19.2. The average Bonchev–Trinajstić information content (AvgIpc) is 3.37. The number of pyridine rings is 2. The predicted octanol–water partition coefficient (Wildman–Crippen LogP) is 8.67. The zero-order chi connectivity index (χ0) is 26.2. The molecule has 4 aromatic carbocycles. The first kappa shape index (κ1) is 25.5. The SMILES string of the molecule is Oc1ccc2c(oc3c(-c4ccccc4)cccc32)c1-c1cccc(Oc2cccc(-c3[c-]cccc3)n2)n1.[Pt]. The van der Waals surface area contributed by atoms with Gasteiger partial charge in [0.1, 0.15) is 16.9 Å². The molecule has 7 rings (SSSR count). The van der Waals surface area contributed by atoms with E-state index in [0.29, 0.717) is 28.6 Å². The molecule has 0 aliphatic rings. The Labute approximate surface area is 245 Å². The van der Waals surface area contributed by atoms with E-state index < -0.39 is 0 Å². The molecule has 3 aromatic heterocycles. The quantitative estimate of drug-likeness (QED) is 0.182. The van der Waals surface area contributed by atoms with Crippen molar-refractivity contribution in [2.75, 3.05) is 0 Å². The Morgan fingerprint density at radius 3 is 2.10 bits per heavy atom. The summed E-state index contributed by atoms with van der Waals surface area (Å²) in [5.74, 6) is 0.840. The van der Waals surface area contributed by atoms with Gasteiger partial charge in [-0.05, 0) is 35.5 Å². The third-order valence-electron chi connectivity index (χ3n) is 6.63. The summed E-state index contributed by atoms with van der Waals surface area (Å²) in [6.45, 7) is 0. The van der Waals surface area contributed by atoms with Gasteiger partial charge in [0.2, 0.25) is 11.8 Å². The van der Waals surface area contributed by atoms with E-state index in [1.54, 1.807) is 18.2 Å². The molecule has 0 radical (unpaired) electrons. The second kappa shape index (κ2) is 10.8. The molecule has 6 heteroatoms. The molecular weight excluding hydrogens is 679 g/mol. The molecule has 0 saturated carbocycles. The maximum atomic E-state index is 11.0. The first-order valence-corrected chi connectivity index (χ1v) is 12.6. The van der Waals surface area contributed by atoms with E-state index in [1.807, 2.05) is 91.0 Å². The Kier molecular flexibility index (Phi) is 6.89. The molecule has 0 saturated heterocycles. The van der Waals surface area contributed by atoms with Gasteiger partial charge in [0.15, 0.2) is 0 Å². The fraction of sp³-hybridized carbons (Fsp3) is 0. The average molecular weight is 701 g/mol. The fourth-order valence-corrected chi connectivity index (χ4v) is 4.84. The maximum Gasteiger partial charge on any atom is 0.221 e. The topological polar surface area (TPSA) is 68.4 Å². The van der Waals surface area contributed by atoms with Gasteiger partial charge in [0.25, 0.3) is 0 Å². The number of para-hydroxylation sites is 1. The predicted molar refractivity (Wildman–Crippen MR) is 153 cm³/mol. The van der Waals surface area contributed by atoms with Crippen LogP contribution in [0.4, 0.5) is 0 Å². The third-order valence-corrected chi connectivity index (χ3v) is 6.63. The number of ether oxygens (including phenoxy) is 1. The summed E-state index contributed by atoms with van der Waals surface area (Å²) in [5.41, 5.74) is 6.04. The van der Waals surface area contributed by atoms with E-state index in [1.165, 1.54) is 0 Å². The van der Waals surface area contributed by atoms with Crippen LogP contribution in [0.2, 0.25) is 0 Å². The van der Waals surface area contributed by atoms with Gasteiger partial charge in [-0.25, -0.2) is 4.98 Å². The van der Waals surface area contributed by atoms with E-state index in [2.05, 4.69) is 23.2 Å². The van der Waals surface area contributed by atoms with Crippen molar-refractivity contribution in [2.45, 2.75) is 0 Å². The minimum atomic E-state index is 0. The van der Waals surface area contributed by atoms with Crippen LogP contribution >= 0.6 is 0 Å². The molecule has 0 bridgehead atoms. The molecule has 1 N–H and O–H groups in total. The molecule has 7 aromatic rings. The van der Waals surface area contributed by atoms with Crippen molar-refractivity contribution in [2.24, 2.45) is 0 Å². The van der Waals surface area contributed by atoms with Gasteiger partial charge in [0, 0.05) is 43.5 Å². The molecular formula is C34H21N2O3Pt-. The molecule has 0 fully saturated rings. The van der Waals surface area contributed by atoms with Crippen molar-refractivity contribution in [3.05, 3.63) is 127 Å². The summed E-state index contributed by atoms with van der Waals surface area (Å²) >= 11 is 0. The molecule has 0 amide bonds. The summed E-state index contributed by atoms with van der Waals surface area (Å²) in [7, 11) is 0. The van der Waals surface area contributed by atoms with Gasteiger partial charge in [-0.2, -0.15) is 0 Å². The van der Waals surface area contributed by atoms with Crippen LogP contribution in [-0.2, 0) is 21.1 Å². The number of benzene rings is 4. The molecule has 0 unspecified atom stereocenters. The van der Waals surface area contributed by atoms with Gasteiger partial charge >= 0.3 is 0 Å². The van der Waals surface area contributed by atoms with Crippen LogP contribution in [0.1, 0.15) is 0 Å². The normalized spacial score (nSPS) is 10.9. The van der Waals surface area contributed by atoms with E-state index in [-0.39, 0.29) is 26.8 Å². The van der Waals surface area contributed by atoms with E-state index in [4.69, 9.17) is 14.1 Å². The van der Waals surface area contributed by atoms with Crippen molar-refractivity contribution in [1.29, 1.82) is 0 Å². The standard InChI is InChI=1S/C34H21N2O3.Pt/c37-29-21-20-26-25-15-7-14-24(22-10-3-1-4-11-22)33(25)39-34(26)32(29)28-17-9-19-31(36-28)38-30-18-8-16-27(35-30)23-12-5-2-6-13-23;/h1-12,14-21,37H;/q-1;. The zero-order valence-corrected chi connectivity index (χ0v) is 23.3. The fourth-order valence-electron chi connectivity index (χ4n) is 4.84. The Balaban J connectivity index is 0.00000289. The van der Waals surface area contributed by atoms with Crippen molar-refractivity contribution in [3.8, 4) is 51.2 Å². The molecule has 5 nitrogen and oxygen atoms in total. The van der Waals surface area contributed by atoms with Crippen molar-refractivity contribution < 1.29 is 35.3 Å². The minimum absolute atomic E-state index is 0. The summed E-state index contributed by atoms with van der Waals surface area (Å²) in [5, 5.41) is 12.8. The van der Waals surface area contributed by atoms with Crippen molar-refractivity contribution in [3.63, 3.8) is 0 Å². The van der Waals surface area contributed by atoms with Crippen LogP contribution in [0.25, 0.3) is 55.6 Å². The van der Waals surface area contributed by atoms with Crippen LogP contribution in [0.3, 0.4) is 0 Å². The van der Waals surface area contributed by atoms with Crippen LogP contribution in [0, 0.1) is 6.07 Å². The number of nitrogens with zero attached hydrogens (tertiary/aromatic N) is 2. The van der Waals surface area contributed by atoms with E-state index in [0.717, 1.165) is 38.7 Å². The zero-order valence-electron chi connectivity index (χ0n) is 21.0. The summed E-state index contributed by atoms with van der Waals surface area (Å²) in [4.78, 5) is 9.33.